The fourth-order valence-electron chi connectivity index (χ4n) is 2.28. The number of allylic oxidation sites excluding steroid dienone is 1. The van der Waals surface area contributed by atoms with Crippen molar-refractivity contribution in [3.8, 4) is 0 Å². The van der Waals surface area contributed by atoms with Crippen molar-refractivity contribution in [2.75, 3.05) is 13.1 Å². The fraction of sp³-hybridized carbons (Fsp3) is 0.278. The molecule has 1 heterocycles. The second kappa shape index (κ2) is 7.79. The van der Waals surface area contributed by atoms with Gasteiger partial charge in [0.1, 0.15) is 0 Å². The molecule has 0 aliphatic heterocycles. The van der Waals surface area contributed by atoms with E-state index in [1.807, 2.05) is 54.0 Å². The molecule has 0 radical (unpaired) electrons. The van der Waals surface area contributed by atoms with Crippen LogP contribution in [0.15, 0.2) is 60.1 Å². The van der Waals surface area contributed by atoms with Crippen LogP contribution < -0.4 is 0 Å². The molecule has 1 atom stereocenters. The van der Waals surface area contributed by atoms with Gasteiger partial charge in [0.25, 0.3) is 0 Å². The minimum atomic E-state index is -0.196. The van der Waals surface area contributed by atoms with Crippen LogP contribution in [-0.4, -0.2) is 23.8 Å². The lowest BCUT2D eigenvalue weighted by atomic mass is 9.93. The summed E-state index contributed by atoms with van der Waals surface area (Å²) in [5, 5.41) is 2.02. The van der Waals surface area contributed by atoms with Crippen LogP contribution in [0.3, 0.4) is 0 Å². The molecule has 0 saturated heterocycles. The highest BCUT2D eigenvalue weighted by atomic mass is 32.1. The van der Waals surface area contributed by atoms with Crippen molar-refractivity contribution < 1.29 is 4.79 Å². The van der Waals surface area contributed by atoms with Crippen molar-refractivity contribution in [2.45, 2.75) is 19.8 Å². The zero-order valence-electron chi connectivity index (χ0n) is 12.5. The van der Waals surface area contributed by atoms with Gasteiger partial charge >= 0.3 is 0 Å². The molecule has 0 N–H and O–H groups in total. The molecule has 2 nitrogen and oxygen atoms in total. The van der Waals surface area contributed by atoms with Crippen molar-refractivity contribution in [1.29, 1.82) is 0 Å². The molecule has 0 fully saturated rings. The van der Waals surface area contributed by atoms with E-state index in [-0.39, 0.29) is 11.7 Å². The molecule has 0 spiro atoms. The summed E-state index contributed by atoms with van der Waals surface area (Å²) in [5.74, 6) is -0.0615. The molecule has 0 amide bonds. The molecule has 1 aromatic heterocycles. The van der Waals surface area contributed by atoms with E-state index in [9.17, 15) is 4.79 Å². The van der Waals surface area contributed by atoms with Gasteiger partial charge in [-0.3, -0.25) is 4.79 Å². The molecular formula is C18H21NOS. The topological polar surface area (TPSA) is 20.3 Å². The Morgan fingerprint density at radius 3 is 2.43 bits per heavy atom. The van der Waals surface area contributed by atoms with Crippen molar-refractivity contribution in [3.05, 3.63) is 70.6 Å². The number of thiophene rings is 1. The molecule has 2 rings (SSSR count). The van der Waals surface area contributed by atoms with Gasteiger partial charge in [0, 0.05) is 24.2 Å². The summed E-state index contributed by atoms with van der Waals surface area (Å²) in [6, 6.07) is 14.0. The Hall–Kier alpha value is -1.87. The number of carbonyl (C=O) groups excluding carboxylic acids is 1. The first kappa shape index (κ1) is 15.5. The average molecular weight is 299 g/mol. The van der Waals surface area contributed by atoms with E-state index < -0.39 is 0 Å². The average Bonchev–Trinajstić information content (AvgIpc) is 3.03. The van der Waals surface area contributed by atoms with E-state index in [1.165, 1.54) is 0 Å². The van der Waals surface area contributed by atoms with Gasteiger partial charge in [-0.15, -0.1) is 11.3 Å². The molecule has 1 aromatic carbocycles. The standard InChI is InChI=1S/C18H21NOS/c1-3-19(4-2)13-12-16(20)18(17-11-8-14-21-17)15-9-6-5-7-10-15/h5-14,18H,3-4H2,1-2H3. The van der Waals surface area contributed by atoms with Gasteiger partial charge in [-0.05, 0) is 36.9 Å². The maximum atomic E-state index is 12.7. The second-order valence-electron chi connectivity index (χ2n) is 4.80. The third kappa shape index (κ3) is 4.05. The van der Waals surface area contributed by atoms with Crippen LogP contribution in [0.5, 0.6) is 0 Å². The van der Waals surface area contributed by atoms with E-state index >= 15 is 0 Å². The Bertz CT molecular complexity index is 571. The normalized spacial score (nSPS) is 12.5. The zero-order chi connectivity index (χ0) is 15.1. The fourth-order valence-corrected chi connectivity index (χ4v) is 3.14. The number of carbonyl (C=O) groups is 1. The summed E-state index contributed by atoms with van der Waals surface area (Å²) >= 11 is 1.63. The highest BCUT2D eigenvalue weighted by Crippen LogP contribution is 2.29. The lowest BCUT2D eigenvalue weighted by Gasteiger charge is -2.16. The lowest BCUT2D eigenvalue weighted by Crippen LogP contribution is -2.17. The van der Waals surface area contributed by atoms with Gasteiger partial charge in [-0.25, -0.2) is 0 Å². The Balaban J connectivity index is 2.27. The van der Waals surface area contributed by atoms with E-state index in [0.29, 0.717) is 0 Å². The third-order valence-electron chi connectivity index (χ3n) is 3.51. The van der Waals surface area contributed by atoms with Gasteiger partial charge in [0.15, 0.2) is 5.78 Å². The van der Waals surface area contributed by atoms with Gasteiger partial charge in [-0.1, -0.05) is 36.4 Å². The first-order valence-corrected chi connectivity index (χ1v) is 8.18. The van der Waals surface area contributed by atoms with E-state index in [2.05, 4.69) is 18.7 Å². The summed E-state index contributed by atoms with van der Waals surface area (Å²) in [6.45, 7) is 6.00. The Morgan fingerprint density at radius 2 is 1.86 bits per heavy atom. The molecule has 3 heteroatoms. The van der Waals surface area contributed by atoms with Gasteiger partial charge in [-0.2, -0.15) is 0 Å². The number of hydrogen-bond donors (Lipinski definition) is 0. The summed E-state index contributed by atoms with van der Waals surface area (Å²) < 4.78 is 0. The molecule has 0 bridgehead atoms. The first-order chi connectivity index (χ1) is 10.3. The molecule has 0 aliphatic carbocycles. The number of hydrogen-bond acceptors (Lipinski definition) is 3. The largest absolute Gasteiger partial charge is 0.378 e. The molecule has 1 unspecified atom stereocenters. The van der Waals surface area contributed by atoms with Crippen molar-refractivity contribution in [3.63, 3.8) is 0 Å². The predicted molar refractivity (Wildman–Crippen MR) is 89.7 cm³/mol. The third-order valence-corrected chi connectivity index (χ3v) is 4.44. The predicted octanol–water partition coefficient (Wildman–Crippen LogP) is 4.30. The molecule has 21 heavy (non-hydrogen) atoms. The van der Waals surface area contributed by atoms with Crippen molar-refractivity contribution in [1.82, 2.24) is 4.90 Å². The molecule has 110 valence electrons. The van der Waals surface area contributed by atoms with Crippen LogP contribution in [-0.2, 0) is 4.79 Å². The van der Waals surface area contributed by atoms with Gasteiger partial charge in [0.2, 0.25) is 0 Å². The number of ketones is 1. The Kier molecular flexibility index (Phi) is 5.76. The molecule has 0 saturated carbocycles. The van der Waals surface area contributed by atoms with Gasteiger partial charge < -0.3 is 4.90 Å². The first-order valence-electron chi connectivity index (χ1n) is 7.30. The van der Waals surface area contributed by atoms with Crippen LogP contribution in [0.4, 0.5) is 0 Å². The van der Waals surface area contributed by atoms with Crippen LogP contribution in [0, 0.1) is 0 Å². The number of benzene rings is 1. The molecule has 2 aromatic rings. The van der Waals surface area contributed by atoms with Gasteiger partial charge in [0.05, 0.1) is 5.92 Å². The minimum Gasteiger partial charge on any atom is -0.378 e. The number of nitrogens with zero attached hydrogens (tertiary/aromatic N) is 1. The zero-order valence-corrected chi connectivity index (χ0v) is 13.3. The summed E-state index contributed by atoms with van der Waals surface area (Å²) in [5.41, 5.74) is 1.05. The monoisotopic (exact) mass is 299 g/mol. The maximum Gasteiger partial charge on any atom is 0.169 e. The Morgan fingerprint density at radius 1 is 1.14 bits per heavy atom. The van der Waals surface area contributed by atoms with Crippen LogP contribution >= 0.6 is 11.3 Å². The van der Waals surface area contributed by atoms with Crippen molar-refractivity contribution >= 4 is 17.1 Å². The minimum absolute atomic E-state index is 0.135. The summed E-state index contributed by atoms with van der Waals surface area (Å²) in [7, 11) is 0. The van der Waals surface area contributed by atoms with Crippen molar-refractivity contribution in [2.24, 2.45) is 0 Å². The SMILES string of the molecule is CCN(C=CC(=O)C(c1ccccc1)c1cccs1)CC. The number of rotatable bonds is 7. The Labute approximate surface area is 130 Å². The highest BCUT2D eigenvalue weighted by molar-refractivity contribution is 7.10. The van der Waals surface area contributed by atoms with E-state index in [4.69, 9.17) is 0 Å². The second-order valence-corrected chi connectivity index (χ2v) is 5.78. The highest BCUT2D eigenvalue weighted by Gasteiger charge is 2.21. The smallest absolute Gasteiger partial charge is 0.169 e. The van der Waals surface area contributed by atoms with E-state index in [0.717, 1.165) is 23.5 Å². The maximum absolute atomic E-state index is 12.7. The molecule has 0 aliphatic rings. The summed E-state index contributed by atoms with van der Waals surface area (Å²) in [4.78, 5) is 15.9. The summed E-state index contributed by atoms with van der Waals surface area (Å²) in [6.07, 6.45) is 3.62. The lowest BCUT2D eigenvalue weighted by molar-refractivity contribution is -0.115. The molecular weight excluding hydrogens is 278 g/mol. The van der Waals surface area contributed by atoms with E-state index in [1.54, 1.807) is 17.4 Å². The quantitative estimate of drug-likeness (QED) is 0.710. The van der Waals surface area contributed by atoms with Crippen LogP contribution in [0.2, 0.25) is 0 Å². The van der Waals surface area contributed by atoms with Crippen LogP contribution in [0.25, 0.3) is 0 Å². The van der Waals surface area contributed by atoms with Crippen LogP contribution in [0.1, 0.15) is 30.2 Å².